The molecule has 2 rings (SSSR count). The molecule has 1 heterocycles. The van der Waals surface area contributed by atoms with Crippen LogP contribution in [0.25, 0.3) is 0 Å². The van der Waals surface area contributed by atoms with Gasteiger partial charge in [-0.15, -0.1) is 11.6 Å². The summed E-state index contributed by atoms with van der Waals surface area (Å²) in [6.45, 7) is 15.4. The molecule has 2 aliphatic rings. The molecule has 0 aromatic heterocycles. The molecule has 0 saturated carbocycles. The van der Waals surface area contributed by atoms with Crippen molar-refractivity contribution >= 4 is 6.21 Å². The van der Waals surface area contributed by atoms with Crippen molar-refractivity contribution in [3.63, 3.8) is 0 Å². The number of hydrogen-bond acceptors (Lipinski definition) is 1. The van der Waals surface area contributed by atoms with Gasteiger partial charge in [-0.3, -0.25) is 4.99 Å². The smallest absolute Gasteiger partial charge is 0.0255 e. The first-order chi connectivity index (χ1) is 10.2. The van der Waals surface area contributed by atoms with E-state index in [0.717, 1.165) is 12.1 Å². The maximum Gasteiger partial charge on any atom is 0.0255 e. The second kappa shape index (κ2) is 8.22. The molecule has 0 amide bonds. The molecule has 1 nitrogen and oxygen atoms in total. The van der Waals surface area contributed by atoms with Gasteiger partial charge in [0.05, 0.1) is 0 Å². The predicted octanol–water partition coefficient (Wildman–Crippen LogP) is 6.46. The predicted molar refractivity (Wildman–Crippen MR) is 100.0 cm³/mol. The molecule has 0 bridgehead atoms. The van der Waals surface area contributed by atoms with E-state index in [0.29, 0.717) is 0 Å². The first-order valence-electron chi connectivity index (χ1n) is 8.39. The van der Waals surface area contributed by atoms with Crippen molar-refractivity contribution in [1.29, 1.82) is 0 Å². The molecule has 0 aromatic rings. The van der Waals surface area contributed by atoms with E-state index in [1.54, 1.807) is 0 Å². The molecule has 2 heteroatoms. The molecule has 0 N–H and O–H groups in total. The minimum atomic E-state index is -0.00581. The fourth-order valence-corrected chi connectivity index (χ4v) is 2.21. The molecule has 1 unspecified atom stereocenters. The zero-order chi connectivity index (χ0) is 16.8. The average Bonchev–Trinajstić information content (AvgIpc) is 2.55. The fourth-order valence-electron chi connectivity index (χ4n) is 2.21. The second-order valence-corrected chi connectivity index (χ2v) is 7.43. The SMILES string of the molecule is CCC.C[C-]1C=CC=C2N=CC(C)(C(C)(C)C)C=CCC2=C1.[Rf]. The molecule has 23 heavy (non-hydrogen) atoms. The zero-order valence-corrected chi connectivity index (χ0v) is 22.5. The summed E-state index contributed by atoms with van der Waals surface area (Å²) in [6.07, 6.45) is 17.5. The van der Waals surface area contributed by atoms with Crippen molar-refractivity contribution in [3.8, 4) is 0 Å². The van der Waals surface area contributed by atoms with Gasteiger partial charge in [-0.25, -0.2) is 0 Å². The summed E-state index contributed by atoms with van der Waals surface area (Å²) >= 11 is 0. The molecule has 0 spiro atoms. The molecule has 0 saturated heterocycles. The van der Waals surface area contributed by atoms with Crippen molar-refractivity contribution in [2.24, 2.45) is 15.8 Å². The van der Waals surface area contributed by atoms with E-state index in [9.17, 15) is 0 Å². The van der Waals surface area contributed by atoms with Gasteiger partial charge in [0.15, 0.2) is 0 Å². The van der Waals surface area contributed by atoms with Crippen LogP contribution in [0, 0.1) is 16.7 Å². The minimum Gasteiger partial charge on any atom is -0.274 e. The Morgan fingerprint density at radius 1 is 1.26 bits per heavy atom. The summed E-state index contributed by atoms with van der Waals surface area (Å²) in [6, 6.07) is 0. The Kier molecular flexibility index (Phi) is 7.32. The normalized spacial score (nSPS) is 23.2. The van der Waals surface area contributed by atoms with Gasteiger partial charge in [0.2, 0.25) is 0 Å². The zero-order valence-electron chi connectivity index (χ0n) is 16.1. The van der Waals surface area contributed by atoms with E-state index in [1.807, 2.05) is 0 Å². The number of allylic oxidation sites excluding steroid dienone is 7. The maximum atomic E-state index is 4.77. The molecule has 0 radical (unpaired) electrons. The molecule has 1 aliphatic heterocycles. The Morgan fingerprint density at radius 2 is 1.87 bits per heavy atom. The van der Waals surface area contributed by atoms with Crippen molar-refractivity contribution in [2.45, 2.75) is 61.3 Å². The van der Waals surface area contributed by atoms with Gasteiger partial charge in [-0.1, -0.05) is 73.5 Å². The molecule has 1 atom stereocenters. The third-order valence-electron chi connectivity index (χ3n) is 4.23. The molecule has 124 valence electrons. The minimum absolute atomic E-state index is 0. The summed E-state index contributed by atoms with van der Waals surface area (Å²) in [4.78, 5) is 4.77. The van der Waals surface area contributed by atoms with Crippen LogP contribution in [0.15, 0.2) is 52.7 Å². The van der Waals surface area contributed by atoms with Crippen LogP contribution in [0.5, 0.6) is 0 Å². The molecule has 0 aromatic carbocycles. The van der Waals surface area contributed by atoms with Gasteiger partial charge in [0, 0.05) is 17.3 Å². The van der Waals surface area contributed by atoms with Gasteiger partial charge in [-0.2, -0.15) is 24.1 Å². The first kappa shape index (κ1) is 20.5. The average molecular weight is 565 g/mol. The van der Waals surface area contributed by atoms with Crippen LogP contribution in [0.2, 0.25) is 0 Å². The van der Waals surface area contributed by atoms with Gasteiger partial charge >= 0.3 is 0 Å². The van der Waals surface area contributed by atoms with E-state index >= 15 is 0 Å². The Hall–Kier alpha value is -2.50. The van der Waals surface area contributed by atoms with Crippen molar-refractivity contribution < 1.29 is 0 Å². The molecule has 1 aliphatic carbocycles. The monoisotopic (exact) mass is 565 g/mol. The van der Waals surface area contributed by atoms with Crippen molar-refractivity contribution in [3.05, 3.63) is 53.6 Å². The third-order valence-corrected chi connectivity index (χ3v) is 4.23. The number of aliphatic imine (C=N–C) groups is 1. The van der Waals surface area contributed by atoms with Crippen LogP contribution in [-0.4, -0.2) is 6.21 Å². The summed E-state index contributed by atoms with van der Waals surface area (Å²) in [5.74, 6) is 1.28. The largest absolute Gasteiger partial charge is 0.274 e. The van der Waals surface area contributed by atoms with Crippen LogP contribution in [0.1, 0.15) is 61.3 Å². The van der Waals surface area contributed by atoms with E-state index in [4.69, 9.17) is 4.99 Å². The number of nitrogens with zero attached hydrogens (tertiary/aromatic N) is 1. The van der Waals surface area contributed by atoms with Crippen LogP contribution < -0.4 is 0 Å². The van der Waals surface area contributed by atoms with Crippen LogP contribution >= 0.6 is 0 Å². The second-order valence-electron chi connectivity index (χ2n) is 7.43. The van der Waals surface area contributed by atoms with Gasteiger partial charge in [-0.05, 0) is 5.41 Å². The Labute approximate surface area is 137 Å². The van der Waals surface area contributed by atoms with E-state index < -0.39 is 0 Å². The molecular weight excluding hydrogens is 533 g/mol. The summed E-state index contributed by atoms with van der Waals surface area (Å²) in [7, 11) is 0. The van der Waals surface area contributed by atoms with E-state index in [1.165, 1.54) is 17.9 Å². The number of hydrogen-bond donors (Lipinski definition) is 0. The van der Waals surface area contributed by atoms with Crippen molar-refractivity contribution in [2.75, 3.05) is 0 Å². The third kappa shape index (κ3) is 5.32. The quantitative estimate of drug-likeness (QED) is 0.236. The van der Waals surface area contributed by atoms with Crippen LogP contribution in [0.4, 0.5) is 0 Å². The van der Waals surface area contributed by atoms with Crippen LogP contribution in [0.3, 0.4) is 0 Å². The van der Waals surface area contributed by atoms with E-state index in [-0.39, 0.29) is 10.8 Å². The van der Waals surface area contributed by atoms with Gasteiger partial charge < -0.3 is 0 Å². The fraction of sp³-hybridized carbons (Fsp3) is 0.524. The summed E-state index contributed by atoms with van der Waals surface area (Å²) in [5.41, 5.74) is 2.55. The van der Waals surface area contributed by atoms with E-state index in [2.05, 4.69) is 91.1 Å². The van der Waals surface area contributed by atoms with Crippen LogP contribution in [-0.2, 0) is 0 Å². The molecule has 0 fully saturated rings. The summed E-state index contributed by atoms with van der Waals surface area (Å²) < 4.78 is 0. The van der Waals surface area contributed by atoms with Gasteiger partial charge in [0.25, 0.3) is 0 Å². The topological polar surface area (TPSA) is 12.4 Å². The maximum absolute atomic E-state index is 4.77. The molecular formula is C21H32NRf-. The number of rotatable bonds is 0. The standard InChI is InChI=1S/C18H24N.C3H8.Rf/c1-14-8-6-10-16-15(12-14)9-7-11-18(5,13-19-16)17(2,3)4;1-3-2;/h6-8,10-13H,9H2,1-5H3;3H2,1-2H3;/q-1;;. The Balaban J connectivity index is 0.00000112. The summed E-state index contributed by atoms with van der Waals surface area (Å²) in [5, 5.41) is 0. The Bertz CT molecular complexity index is 514. The van der Waals surface area contributed by atoms with Crippen molar-refractivity contribution in [1.82, 2.24) is 0 Å². The number of fused-ring (bicyclic) bond motifs is 1. The van der Waals surface area contributed by atoms with Gasteiger partial charge in [0.1, 0.15) is 0 Å². The Morgan fingerprint density at radius 3 is 2.43 bits per heavy atom. The first-order valence-corrected chi connectivity index (χ1v) is 8.39.